The highest BCUT2D eigenvalue weighted by atomic mass is 16.8. The predicted molar refractivity (Wildman–Crippen MR) is 382 cm³/mol. The van der Waals surface area contributed by atoms with E-state index >= 15 is 0 Å². The first-order valence-corrected chi connectivity index (χ1v) is 36.6. The van der Waals surface area contributed by atoms with Crippen molar-refractivity contribution < 1.29 is 89.4 Å². The molecular formula is C78H127NO18. The van der Waals surface area contributed by atoms with Crippen LogP contribution >= 0.6 is 0 Å². The summed E-state index contributed by atoms with van der Waals surface area (Å²) in [4.78, 5) is 13.4. The van der Waals surface area contributed by atoms with Gasteiger partial charge in [0.2, 0.25) is 5.91 Å². The van der Waals surface area contributed by atoms with Gasteiger partial charge in [-0.25, -0.2) is 0 Å². The number of rotatable bonds is 54. The van der Waals surface area contributed by atoms with Crippen molar-refractivity contribution in [3.63, 3.8) is 0 Å². The molecule has 17 atom stereocenters. The summed E-state index contributed by atoms with van der Waals surface area (Å²) in [6, 6.07) is -0.910. The lowest BCUT2D eigenvalue weighted by Crippen LogP contribution is -2.66. The topological polar surface area (TPSA) is 307 Å². The number of aliphatic hydroxyl groups excluding tert-OH is 11. The van der Waals surface area contributed by atoms with Crippen LogP contribution in [0.1, 0.15) is 206 Å². The summed E-state index contributed by atoms with van der Waals surface area (Å²) < 4.78 is 34.3. The molecule has 19 nitrogen and oxygen atoms in total. The van der Waals surface area contributed by atoms with Gasteiger partial charge in [0, 0.05) is 6.42 Å². The minimum absolute atomic E-state index is 0.227. The molecule has 3 rings (SSSR count). The van der Waals surface area contributed by atoms with Gasteiger partial charge in [0.15, 0.2) is 18.9 Å². The Labute approximate surface area is 581 Å². The van der Waals surface area contributed by atoms with Gasteiger partial charge in [-0.2, -0.15) is 0 Å². The molecule has 12 N–H and O–H groups in total. The molecule has 0 saturated carbocycles. The number of allylic oxidation sites excluding steroid dienone is 24. The molecule has 1 amide bonds. The van der Waals surface area contributed by atoms with Crippen LogP contribution in [-0.2, 0) is 33.2 Å². The summed E-state index contributed by atoms with van der Waals surface area (Å²) in [6.07, 6.45) is 55.2. The molecule has 0 aliphatic carbocycles. The van der Waals surface area contributed by atoms with Crippen molar-refractivity contribution in [3.8, 4) is 0 Å². The maximum atomic E-state index is 13.4. The Bertz CT molecular complexity index is 2320. The third-order valence-electron chi connectivity index (χ3n) is 17.2. The fourth-order valence-corrected chi connectivity index (χ4v) is 11.3. The van der Waals surface area contributed by atoms with Crippen molar-refractivity contribution in [1.82, 2.24) is 5.32 Å². The Morgan fingerprint density at radius 3 is 1.11 bits per heavy atom. The van der Waals surface area contributed by atoms with Gasteiger partial charge >= 0.3 is 0 Å². The van der Waals surface area contributed by atoms with E-state index in [1.807, 2.05) is 0 Å². The zero-order valence-corrected chi connectivity index (χ0v) is 58.5. The molecule has 0 bridgehead atoms. The molecule has 3 aliphatic rings. The second kappa shape index (κ2) is 57.3. The maximum Gasteiger partial charge on any atom is 0.220 e. The summed E-state index contributed by atoms with van der Waals surface area (Å²) in [6.45, 7) is 1.62. The molecule has 97 heavy (non-hydrogen) atoms. The number of unbranched alkanes of at least 4 members (excludes halogenated alkanes) is 14. The molecule has 3 fully saturated rings. The largest absolute Gasteiger partial charge is 0.394 e. The first-order valence-electron chi connectivity index (χ1n) is 36.6. The van der Waals surface area contributed by atoms with Crippen LogP contribution in [0.5, 0.6) is 0 Å². The minimum Gasteiger partial charge on any atom is -0.394 e. The smallest absolute Gasteiger partial charge is 0.220 e. The summed E-state index contributed by atoms with van der Waals surface area (Å²) >= 11 is 0. The van der Waals surface area contributed by atoms with Crippen LogP contribution in [0.2, 0.25) is 0 Å². The fourth-order valence-electron chi connectivity index (χ4n) is 11.3. The lowest BCUT2D eigenvalue weighted by Gasteiger charge is -2.48. The third-order valence-corrected chi connectivity index (χ3v) is 17.2. The average Bonchev–Trinajstić information content (AvgIpc) is 0.790. The molecule has 552 valence electrons. The number of aliphatic hydroxyl groups is 11. The summed E-state index contributed by atoms with van der Waals surface area (Å²) in [7, 11) is 0. The molecular weight excluding hydrogens is 1240 g/mol. The molecule has 3 heterocycles. The van der Waals surface area contributed by atoms with Crippen molar-refractivity contribution in [2.75, 3.05) is 26.4 Å². The Kier molecular flexibility index (Phi) is 51.3. The zero-order valence-electron chi connectivity index (χ0n) is 58.5. The van der Waals surface area contributed by atoms with Gasteiger partial charge in [0.25, 0.3) is 0 Å². The highest BCUT2D eigenvalue weighted by Gasteiger charge is 2.53. The van der Waals surface area contributed by atoms with E-state index in [1.54, 1.807) is 0 Å². The van der Waals surface area contributed by atoms with Crippen LogP contribution in [0.4, 0.5) is 0 Å². The second-order valence-electron chi connectivity index (χ2n) is 25.3. The molecule has 0 radical (unpaired) electrons. The number of nitrogens with one attached hydrogen (secondary N) is 1. The van der Waals surface area contributed by atoms with Gasteiger partial charge in [-0.05, 0) is 103 Å². The SMILES string of the molecule is CC/C=C\C/C=C\C/C=C\C/C=C\C/C=C\C/C=C\C/C=C\C/C=C\C/C=C\C/C=C\C/C=C\C/C=C\CCCCCCC(=O)NC(COC1OC(CO)C(OC2OC(CO)C(OC3OC(CO)C(O)C(O)C3O)C(O)C2O)C(O)C1O)C(O)CCCCCCCCCCCCC. The molecule has 3 saturated heterocycles. The van der Waals surface area contributed by atoms with Gasteiger partial charge in [-0.1, -0.05) is 243 Å². The van der Waals surface area contributed by atoms with E-state index in [9.17, 15) is 61.0 Å². The van der Waals surface area contributed by atoms with Crippen molar-refractivity contribution >= 4 is 5.91 Å². The molecule has 0 aromatic rings. The van der Waals surface area contributed by atoms with Crippen molar-refractivity contribution in [3.05, 3.63) is 146 Å². The van der Waals surface area contributed by atoms with Gasteiger partial charge in [0.05, 0.1) is 38.6 Å². The molecule has 19 heteroatoms. The van der Waals surface area contributed by atoms with Gasteiger partial charge in [-0.15, -0.1) is 0 Å². The van der Waals surface area contributed by atoms with Gasteiger partial charge in [-0.3, -0.25) is 4.79 Å². The van der Waals surface area contributed by atoms with Gasteiger partial charge in [0.1, 0.15) is 73.2 Å². The maximum absolute atomic E-state index is 13.4. The average molecular weight is 1370 g/mol. The predicted octanol–water partition coefficient (Wildman–Crippen LogP) is 10.7. The number of carbonyl (C=O) groups excluding carboxylic acids is 1. The number of amides is 1. The van der Waals surface area contributed by atoms with Crippen LogP contribution in [0.3, 0.4) is 0 Å². The van der Waals surface area contributed by atoms with Gasteiger partial charge < -0.3 is 89.9 Å². The summed E-state index contributed by atoms with van der Waals surface area (Å²) in [5.41, 5.74) is 0. The van der Waals surface area contributed by atoms with Crippen LogP contribution < -0.4 is 5.32 Å². The van der Waals surface area contributed by atoms with E-state index in [4.69, 9.17) is 28.4 Å². The number of hydrogen-bond donors (Lipinski definition) is 12. The van der Waals surface area contributed by atoms with E-state index in [-0.39, 0.29) is 18.9 Å². The molecule has 0 spiro atoms. The highest BCUT2D eigenvalue weighted by molar-refractivity contribution is 5.76. The minimum atomic E-state index is -1.98. The molecule has 3 aliphatic heterocycles. The second-order valence-corrected chi connectivity index (χ2v) is 25.3. The first kappa shape index (κ1) is 86.9. The van der Waals surface area contributed by atoms with Crippen LogP contribution in [-0.4, -0.2) is 193 Å². The Balaban J connectivity index is 1.33. The Morgan fingerprint density at radius 2 is 0.711 bits per heavy atom. The monoisotopic (exact) mass is 1370 g/mol. The van der Waals surface area contributed by atoms with Crippen molar-refractivity contribution in [1.29, 1.82) is 0 Å². The van der Waals surface area contributed by atoms with Crippen LogP contribution in [0, 0.1) is 0 Å². The fraction of sp³-hybridized carbons (Fsp3) is 0.679. The Morgan fingerprint density at radius 1 is 0.381 bits per heavy atom. The Hall–Kier alpha value is -4.33. The van der Waals surface area contributed by atoms with E-state index in [0.29, 0.717) is 19.3 Å². The summed E-state index contributed by atoms with van der Waals surface area (Å²) in [5, 5.41) is 120. The lowest BCUT2D eigenvalue weighted by molar-refractivity contribution is -0.379. The van der Waals surface area contributed by atoms with E-state index in [1.165, 1.54) is 44.9 Å². The molecule has 0 aromatic heterocycles. The van der Waals surface area contributed by atoms with E-state index < -0.39 is 124 Å². The van der Waals surface area contributed by atoms with Crippen LogP contribution in [0.25, 0.3) is 0 Å². The molecule has 0 aromatic carbocycles. The van der Waals surface area contributed by atoms with Crippen molar-refractivity contribution in [2.24, 2.45) is 0 Å². The highest BCUT2D eigenvalue weighted by Crippen LogP contribution is 2.33. The van der Waals surface area contributed by atoms with E-state index in [0.717, 1.165) is 122 Å². The van der Waals surface area contributed by atoms with E-state index in [2.05, 4.69) is 165 Å². The number of carbonyl (C=O) groups is 1. The standard InChI is InChI=1S/C78H127NO18/c1-3-5-7-9-11-13-15-16-17-18-19-20-21-22-23-24-25-26-27-28-29-30-31-32-33-34-35-36-37-38-39-40-41-42-43-44-46-48-50-52-54-56-66(84)79-61(62(83)55-53-51-49-47-45-14-12-10-8-6-4-2)60-92-76-72(90)69(87)74(64(58-81)94-76)97-78-73(91)70(88)75(65(59-82)95-78)96-77-71(89)68(86)67(85)63(57-80)93-77/h5,7,11,13,16-17,19-20,22-23,25-26,28-29,31-32,34-35,37-38,40-41,43-44,61-65,67-78,80-83,85-91H,3-4,6,8-10,12,14-15,18,21,24,27,30,33,36,39,42,45-60H2,1-2H3,(H,79,84)/b7-5-,13-11-,17-16-,20-19-,23-22-,26-25-,29-28-,32-31-,35-34-,38-37-,41-40-,44-43-. The first-order chi connectivity index (χ1) is 47.3. The molecule has 17 unspecified atom stereocenters. The zero-order chi connectivity index (χ0) is 70.4. The quantitative estimate of drug-likeness (QED) is 0.0199. The normalized spacial score (nSPS) is 27.8. The van der Waals surface area contributed by atoms with Crippen LogP contribution in [0.15, 0.2) is 146 Å². The summed E-state index contributed by atoms with van der Waals surface area (Å²) in [5.74, 6) is -0.275. The number of ether oxygens (including phenoxy) is 6. The van der Waals surface area contributed by atoms with Crippen molar-refractivity contribution in [2.45, 2.75) is 311 Å². The number of hydrogen-bond acceptors (Lipinski definition) is 18. The third kappa shape index (κ3) is 38.3. The lowest BCUT2D eigenvalue weighted by atomic mass is 9.96.